The average molecular weight is 330 g/mol. The van der Waals surface area contributed by atoms with E-state index in [0.29, 0.717) is 0 Å². The molecule has 2 nitrogen and oxygen atoms in total. The fraction of sp³-hybridized carbons (Fsp3) is 0.235. The molecule has 0 radical (unpaired) electrons. The molecule has 2 aromatic carbocycles. The van der Waals surface area contributed by atoms with Crippen LogP contribution in [0.3, 0.4) is 0 Å². The van der Waals surface area contributed by atoms with Crippen LogP contribution in [0.4, 0.5) is 0 Å². The Morgan fingerprint density at radius 2 is 2.00 bits per heavy atom. The second-order valence-corrected chi connectivity index (χ2v) is 6.06. The summed E-state index contributed by atoms with van der Waals surface area (Å²) in [7, 11) is 0. The molecule has 0 bridgehead atoms. The van der Waals surface area contributed by atoms with Crippen molar-refractivity contribution in [2.75, 3.05) is 6.54 Å². The minimum atomic E-state index is 0.0394. The molecule has 0 aromatic heterocycles. The molecule has 102 valence electrons. The highest BCUT2D eigenvalue weighted by atomic mass is 79.9. The van der Waals surface area contributed by atoms with Crippen molar-refractivity contribution in [2.24, 2.45) is 0 Å². The maximum atomic E-state index is 11.9. The van der Waals surface area contributed by atoms with Crippen molar-refractivity contribution in [1.29, 1.82) is 0 Å². The SMILES string of the molecule is Cc1ccccc1C(Br)c1ccc2c(c1)C(=O)NCC2. The molecule has 2 aromatic rings. The van der Waals surface area contributed by atoms with Gasteiger partial charge in [-0.15, -0.1) is 0 Å². The fourth-order valence-corrected chi connectivity index (χ4v) is 3.44. The van der Waals surface area contributed by atoms with Gasteiger partial charge in [-0.2, -0.15) is 0 Å². The number of hydrogen-bond donors (Lipinski definition) is 1. The van der Waals surface area contributed by atoms with E-state index in [1.54, 1.807) is 0 Å². The summed E-state index contributed by atoms with van der Waals surface area (Å²) in [5.41, 5.74) is 5.56. The molecule has 1 atom stereocenters. The van der Waals surface area contributed by atoms with Gasteiger partial charge in [-0.1, -0.05) is 52.3 Å². The van der Waals surface area contributed by atoms with Crippen molar-refractivity contribution >= 4 is 21.8 Å². The van der Waals surface area contributed by atoms with Gasteiger partial charge < -0.3 is 5.32 Å². The van der Waals surface area contributed by atoms with Crippen LogP contribution in [0, 0.1) is 6.92 Å². The van der Waals surface area contributed by atoms with E-state index in [0.717, 1.165) is 29.7 Å². The van der Waals surface area contributed by atoms with Crippen molar-refractivity contribution in [3.8, 4) is 0 Å². The molecule has 1 aliphatic heterocycles. The summed E-state index contributed by atoms with van der Waals surface area (Å²) in [4.78, 5) is 12.1. The summed E-state index contributed by atoms with van der Waals surface area (Å²) in [5, 5.41) is 2.90. The zero-order valence-corrected chi connectivity index (χ0v) is 12.9. The van der Waals surface area contributed by atoms with Crippen LogP contribution in [0.1, 0.15) is 37.4 Å². The third-order valence-electron chi connectivity index (χ3n) is 3.81. The molecule has 1 unspecified atom stereocenters. The van der Waals surface area contributed by atoms with Crippen molar-refractivity contribution in [2.45, 2.75) is 18.2 Å². The molecule has 0 saturated carbocycles. The second kappa shape index (κ2) is 5.41. The fourth-order valence-electron chi connectivity index (χ4n) is 2.64. The minimum absolute atomic E-state index is 0.0394. The number of amides is 1. The normalized spacial score (nSPS) is 15.4. The quantitative estimate of drug-likeness (QED) is 0.835. The molecule has 1 heterocycles. The third kappa shape index (κ3) is 2.38. The van der Waals surface area contributed by atoms with Gasteiger partial charge in [0.2, 0.25) is 0 Å². The van der Waals surface area contributed by atoms with Crippen LogP contribution in [-0.4, -0.2) is 12.5 Å². The van der Waals surface area contributed by atoms with Gasteiger partial charge in [-0.05, 0) is 41.7 Å². The van der Waals surface area contributed by atoms with E-state index in [2.05, 4.69) is 52.4 Å². The van der Waals surface area contributed by atoms with Crippen LogP contribution in [0.15, 0.2) is 42.5 Å². The van der Waals surface area contributed by atoms with Crippen LogP contribution in [0.2, 0.25) is 0 Å². The number of alkyl halides is 1. The summed E-state index contributed by atoms with van der Waals surface area (Å²) in [5.74, 6) is 0.0394. The molecule has 0 saturated heterocycles. The highest BCUT2D eigenvalue weighted by Crippen LogP contribution is 2.34. The monoisotopic (exact) mass is 329 g/mol. The van der Waals surface area contributed by atoms with E-state index >= 15 is 0 Å². The molecule has 1 amide bonds. The first kappa shape index (κ1) is 13.4. The molecule has 1 aliphatic rings. The van der Waals surface area contributed by atoms with E-state index in [-0.39, 0.29) is 10.7 Å². The number of carbonyl (C=O) groups excluding carboxylic acids is 1. The number of carbonyl (C=O) groups is 1. The zero-order valence-electron chi connectivity index (χ0n) is 11.3. The predicted octanol–water partition coefficient (Wildman–Crippen LogP) is 3.77. The number of aryl methyl sites for hydroxylation is 1. The molecular weight excluding hydrogens is 314 g/mol. The summed E-state index contributed by atoms with van der Waals surface area (Å²) >= 11 is 3.76. The van der Waals surface area contributed by atoms with Gasteiger partial charge in [0, 0.05) is 12.1 Å². The van der Waals surface area contributed by atoms with Gasteiger partial charge in [0.05, 0.1) is 4.83 Å². The largest absolute Gasteiger partial charge is 0.352 e. The van der Waals surface area contributed by atoms with Gasteiger partial charge in [0.1, 0.15) is 0 Å². The number of benzene rings is 2. The smallest absolute Gasteiger partial charge is 0.251 e. The van der Waals surface area contributed by atoms with Gasteiger partial charge in [0.15, 0.2) is 0 Å². The molecule has 3 rings (SSSR count). The number of nitrogens with one attached hydrogen (secondary N) is 1. The Labute approximate surface area is 127 Å². The maximum Gasteiger partial charge on any atom is 0.251 e. The lowest BCUT2D eigenvalue weighted by molar-refractivity contribution is 0.0946. The van der Waals surface area contributed by atoms with Crippen LogP contribution in [-0.2, 0) is 6.42 Å². The van der Waals surface area contributed by atoms with E-state index in [1.165, 1.54) is 11.1 Å². The van der Waals surface area contributed by atoms with Crippen molar-refractivity contribution in [3.05, 3.63) is 70.3 Å². The first-order chi connectivity index (χ1) is 9.66. The van der Waals surface area contributed by atoms with E-state index in [1.807, 2.05) is 18.2 Å². The maximum absolute atomic E-state index is 11.9. The number of fused-ring (bicyclic) bond motifs is 1. The summed E-state index contributed by atoms with van der Waals surface area (Å²) < 4.78 is 0. The van der Waals surface area contributed by atoms with Crippen LogP contribution in [0.5, 0.6) is 0 Å². The highest BCUT2D eigenvalue weighted by Gasteiger charge is 2.19. The summed E-state index contributed by atoms with van der Waals surface area (Å²) in [6.45, 7) is 2.84. The topological polar surface area (TPSA) is 29.1 Å². The summed E-state index contributed by atoms with van der Waals surface area (Å²) in [6.07, 6.45) is 0.915. The van der Waals surface area contributed by atoms with Gasteiger partial charge in [-0.3, -0.25) is 4.79 Å². The number of rotatable bonds is 2. The third-order valence-corrected chi connectivity index (χ3v) is 4.83. The molecule has 1 N–H and O–H groups in total. The lowest BCUT2D eigenvalue weighted by Gasteiger charge is -2.19. The van der Waals surface area contributed by atoms with Crippen molar-refractivity contribution in [1.82, 2.24) is 5.32 Å². The van der Waals surface area contributed by atoms with E-state index < -0.39 is 0 Å². The Kier molecular flexibility index (Phi) is 3.62. The van der Waals surface area contributed by atoms with Crippen LogP contribution < -0.4 is 5.32 Å². The molecule has 0 aliphatic carbocycles. The van der Waals surface area contributed by atoms with Crippen LogP contribution >= 0.6 is 15.9 Å². The molecule has 0 spiro atoms. The van der Waals surface area contributed by atoms with E-state index in [4.69, 9.17) is 0 Å². The Balaban J connectivity index is 2.01. The Hall–Kier alpha value is -1.61. The Morgan fingerprint density at radius 3 is 2.80 bits per heavy atom. The Bertz CT molecular complexity index is 666. The number of halogens is 1. The first-order valence-electron chi connectivity index (χ1n) is 6.77. The molecule has 3 heteroatoms. The van der Waals surface area contributed by atoms with Gasteiger partial charge >= 0.3 is 0 Å². The lowest BCUT2D eigenvalue weighted by Crippen LogP contribution is -2.31. The zero-order chi connectivity index (χ0) is 14.1. The first-order valence-corrected chi connectivity index (χ1v) is 7.69. The standard InChI is InChI=1S/C17H16BrNO/c1-11-4-2-3-5-14(11)16(18)13-7-6-12-8-9-19-17(20)15(12)10-13/h2-7,10,16H,8-9H2,1H3,(H,19,20). The lowest BCUT2D eigenvalue weighted by atomic mass is 9.94. The average Bonchev–Trinajstić information content (AvgIpc) is 2.47. The van der Waals surface area contributed by atoms with Crippen molar-refractivity contribution in [3.63, 3.8) is 0 Å². The molecule has 20 heavy (non-hydrogen) atoms. The number of hydrogen-bond acceptors (Lipinski definition) is 1. The molecule has 0 fully saturated rings. The van der Waals surface area contributed by atoms with Gasteiger partial charge in [-0.25, -0.2) is 0 Å². The highest BCUT2D eigenvalue weighted by molar-refractivity contribution is 9.09. The molecular formula is C17H16BrNO. The predicted molar refractivity (Wildman–Crippen MR) is 84.4 cm³/mol. The van der Waals surface area contributed by atoms with Crippen molar-refractivity contribution < 1.29 is 4.79 Å². The van der Waals surface area contributed by atoms with Gasteiger partial charge in [0.25, 0.3) is 5.91 Å². The minimum Gasteiger partial charge on any atom is -0.352 e. The Morgan fingerprint density at radius 1 is 1.20 bits per heavy atom. The second-order valence-electron chi connectivity index (χ2n) is 5.14. The van der Waals surface area contributed by atoms with E-state index in [9.17, 15) is 4.79 Å². The summed E-state index contributed by atoms with van der Waals surface area (Å²) in [6, 6.07) is 14.5. The van der Waals surface area contributed by atoms with Crippen LogP contribution in [0.25, 0.3) is 0 Å².